The molecule has 2 amide bonds. The zero-order chi connectivity index (χ0) is 20.1. The molecule has 0 aliphatic carbocycles. The van der Waals surface area contributed by atoms with Crippen molar-refractivity contribution in [1.29, 1.82) is 0 Å². The van der Waals surface area contributed by atoms with Crippen LogP contribution in [0.5, 0.6) is 0 Å². The van der Waals surface area contributed by atoms with Gasteiger partial charge >= 0.3 is 6.03 Å². The predicted molar refractivity (Wildman–Crippen MR) is 118 cm³/mol. The third kappa shape index (κ3) is 4.57. The van der Waals surface area contributed by atoms with Crippen LogP contribution in [0.15, 0.2) is 79.0 Å². The van der Waals surface area contributed by atoms with Crippen LogP contribution in [0.2, 0.25) is 0 Å². The second-order valence-electron chi connectivity index (χ2n) is 7.39. The van der Waals surface area contributed by atoms with E-state index in [1.807, 2.05) is 78.8 Å². The van der Waals surface area contributed by atoms with Crippen LogP contribution < -0.4 is 10.2 Å². The van der Waals surface area contributed by atoms with Crippen LogP contribution in [0.3, 0.4) is 0 Å². The first kappa shape index (κ1) is 19.0. The maximum Gasteiger partial charge on any atom is 0.321 e. The summed E-state index contributed by atoms with van der Waals surface area (Å²) in [4.78, 5) is 21.2. The number of pyridine rings is 1. The number of rotatable bonds is 4. The molecular weight excluding hydrogens is 360 g/mol. The average molecular weight is 386 g/mol. The number of nitrogens with one attached hydrogen (secondary N) is 1. The molecule has 0 saturated carbocycles. The van der Waals surface area contributed by atoms with Gasteiger partial charge in [-0.05, 0) is 48.2 Å². The molecule has 2 aromatic carbocycles. The van der Waals surface area contributed by atoms with Crippen molar-refractivity contribution in [3.63, 3.8) is 0 Å². The molecule has 0 atom stereocenters. The Balaban J connectivity index is 1.32. The van der Waals surface area contributed by atoms with Crippen molar-refractivity contribution in [3.8, 4) is 11.1 Å². The number of carbonyl (C=O) groups is 1. The van der Waals surface area contributed by atoms with Crippen LogP contribution in [-0.4, -0.2) is 42.1 Å². The number of carbonyl (C=O) groups excluding carboxylic acids is 1. The largest absolute Gasteiger partial charge is 0.356 e. The van der Waals surface area contributed by atoms with Gasteiger partial charge in [0.1, 0.15) is 5.82 Å². The monoisotopic (exact) mass is 386 g/mol. The molecule has 0 spiro atoms. The molecular formula is C24H26N4O. The number of urea groups is 1. The van der Waals surface area contributed by atoms with Gasteiger partial charge in [-0.3, -0.25) is 0 Å². The quantitative estimate of drug-likeness (QED) is 0.695. The third-order valence-corrected chi connectivity index (χ3v) is 5.55. The lowest BCUT2D eigenvalue weighted by Crippen LogP contribution is -2.47. The average Bonchev–Trinajstić information content (AvgIpc) is 2.80. The molecule has 4 rings (SSSR count). The van der Waals surface area contributed by atoms with Crippen LogP contribution in [0.4, 0.5) is 16.3 Å². The van der Waals surface area contributed by atoms with E-state index in [0.29, 0.717) is 0 Å². The summed E-state index contributed by atoms with van der Waals surface area (Å²) < 4.78 is 0. The van der Waals surface area contributed by atoms with E-state index in [2.05, 4.69) is 27.3 Å². The second kappa shape index (κ2) is 8.78. The molecule has 1 fully saturated rings. The smallest absolute Gasteiger partial charge is 0.321 e. The molecule has 1 saturated heterocycles. The summed E-state index contributed by atoms with van der Waals surface area (Å²) in [5.41, 5.74) is 3.12. The van der Waals surface area contributed by atoms with Gasteiger partial charge < -0.3 is 15.1 Å². The molecule has 1 N–H and O–H groups in total. The summed E-state index contributed by atoms with van der Waals surface area (Å²) in [7, 11) is 1.88. The Morgan fingerprint density at radius 3 is 2.24 bits per heavy atom. The molecule has 5 heteroatoms. The van der Waals surface area contributed by atoms with Crippen molar-refractivity contribution in [1.82, 2.24) is 9.88 Å². The van der Waals surface area contributed by atoms with Crippen LogP contribution in [0.1, 0.15) is 12.8 Å². The maximum absolute atomic E-state index is 12.7. The van der Waals surface area contributed by atoms with Crippen molar-refractivity contribution in [2.24, 2.45) is 0 Å². The van der Waals surface area contributed by atoms with Crippen molar-refractivity contribution in [2.75, 3.05) is 30.4 Å². The van der Waals surface area contributed by atoms with Crippen LogP contribution in [-0.2, 0) is 0 Å². The fourth-order valence-corrected chi connectivity index (χ4v) is 3.78. The van der Waals surface area contributed by atoms with Crippen LogP contribution in [0.25, 0.3) is 11.1 Å². The number of hydrogen-bond acceptors (Lipinski definition) is 3. The topological polar surface area (TPSA) is 48.5 Å². The highest BCUT2D eigenvalue weighted by atomic mass is 16.2. The highest BCUT2D eigenvalue weighted by Gasteiger charge is 2.25. The standard InChI is InChI=1S/C24H26N4O/c1-27(22-14-17-28(18-15-22)23-9-5-6-16-25-23)24(29)26-21-12-10-20(11-13-21)19-7-3-2-4-8-19/h2-13,16,22H,14-15,17-18H2,1H3,(H,26,29). The number of hydrogen-bond donors (Lipinski definition) is 1. The van der Waals surface area contributed by atoms with Gasteiger partial charge in [0.2, 0.25) is 0 Å². The molecule has 5 nitrogen and oxygen atoms in total. The van der Waals surface area contributed by atoms with Crippen molar-refractivity contribution < 1.29 is 4.79 Å². The van der Waals surface area contributed by atoms with Crippen molar-refractivity contribution in [3.05, 3.63) is 79.0 Å². The molecule has 1 aliphatic rings. The zero-order valence-corrected chi connectivity index (χ0v) is 16.7. The number of anilines is 2. The molecule has 0 unspecified atom stereocenters. The van der Waals surface area contributed by atoms with Crippen LogP contribution in [0, 0.1) is 0 Å². The third-order valence-electron chi connectivity index (χ3n) is 5.55. The minimum atomic E-state index is -0.0613. The summed E-state index contributed by atoms with van der Waals surface area (Å²) in [5, 5.41) is 3.02. The van der Waals surface area contributed by atoms with Gasteiger partial charge in [-0.15, -0.1) is 0 Å². The molecule has 148 valence electrons. The van der Waals surface area contributed by atoms with Gasteiger partial charge in [0, 0.05) is 38.1 Å². The molecule has 0 bridgehead atoms. The van der Waals surface area contributed by atoms with E-state index in [4.69, 9.17) is 0 Å². The number of piperidine rings is 1. The second-order valence-corrected chi connectivity index (χ2v) is 7.39. The number of benzene rings is 2. The SMILES string of the molecule is CN(C(=O)Nc1ccc(-c2ccccc2)cc1)C1CCN(c2ccccn2)CC1. The normalized spacial score (nSPS) is 14.4. The summed E-state index contributed by atoms with van der Waals surface area (Å²) in [5.74, 6) is 1.01. The van der Waals surface area contributed by atoms with Gasteiger partial charge in [0.05, 0.1) is 0 Å². The van der Waals surface area contributed by atoms with Crippen LogP contribution >= 0.6 is 0 Å². The van der Waals surface area contributed by atoms with Gasteiger partial charge in [-0.25, -0.2) is 9.78 Å². The Labute approximate surface area is 172 Å². The minimum Gasteiger partial charge on any atom is -0.356 e. The molecule has 0 radical (unpaired) electrons. The van der Waals surface area contributed by atoms with E-state index in [1.165, 1.54) is 5.56 Å². The summed E-state index contributed by atoms with van der Waals surface area (Å²) in [6.07, 6.45) is 3.70. The first-order valence-electron chi connectivity index (χ1n) is 10.1. The number of amides is 2. The predicted octanol–water partition coefficient (Wildman–Crippen LogP) is 4.88. The van der Waals surface area contributed by atoms with Gasteiger partial charge in [0.25, 0.3) is 0 Å². The fourth-order valence-electron chi connectivity index (χ4n) is 3.78. The summed E-state index contributed by atoms with van der Waals surface area (Å²) in [6, 6.07) is 24.4. The van der Waals surface area contributed by atoms with Gasteiger partial charge in [-0.1, -0.05) is 48.5 Å². The lowest BCUT2D eigenvalue weighted by atomic mass is 10.0. The Bertz CT molecular complexity index is 920. The number of aromatic nitrogens is 1. The first-order chi connectivity index (χ1) is 14.2. The van der Waals surface area contributed by atoms with Gasteiger partial charge in [0.15, 0.2) is 0 Å². The highest BCUT2D eigenvalue weighted by Crippen LogP contribution is 2.23. The van der Waals surface area contributed by atoms with Crippen molar-refractivity contribution in [2.45, 2.75) is 18.9 Å². The Morgan fingerprint density at radius 2 is 1.59 bits per heavy atom. The molecule has 3 aromatic rings. The Morgan fingerprint density at radius 1 is 0.931 bits per heavy atom. The first-order valence-corrected chi connectivity index (χ1v) is 10.1. The summed E-state index contributed by atoms with van der Waals surface area (Å²) >= 11 is 0. The Kier molecular flexibility index (Phi) is 5.75. The minimum absolute atomic E-state index is 0.0613. The molecule has 1 aromatic heterocycles. The molecule has 1 aliphatic heterocycles. The van der Waals surface area contributed by atoms with E-state index in [0.717, 1.165) is 43.0 Å². The van der Waals surface area contributed by atoms with E-state index < -0.39 is 0 Å². The summed E-state index contributed by atoms with van der Waals surface area (Å²) in [6.45, 7) is 1.82. The zero-order valence-electron chi connectivity index (χ0n) is 16.7. The van der Waals surface area contributed by atoms with E-state index >= 15 is 0 Å². The Hall–Kier alpha value is -3.34. The van der Waals surface area contributed by atoms with E-state index in [9.17, 15) is 4.79 Å². The van der Waals surface area contributed by atoms with Crippen molar-refractivity contribution >= 4 is 17.5 Å². The van der Waals surface area contributed by atoms with E-state index in [-0.39, 0.29) is 12.1 Å². The highest BCUT2D eigenvalue weighted by molar-refractivity contribution is 5.89. The number of nitrogens with zero attached hydrogens (tertiary/aromatic N) is 3. The van der Waals surface area contributed by atoms with Gasteiger partial charge in [-0.2, -0.15) is 0 Å². The lowest BCUT2D eigenvalue weighted by molar-refractivity contribution is 0.193. The lowest BCUT2D eigenvalue weighted by Gasteiger charge is -2.37. The molecule has 2 heterocycles. The molecule has 29 heavy (non-hydrogen) atoms. The van der Waals surface area contributed by atoms with E-state index in [1.54, 1.807) is 0 Å². The fraction of sp³-hybridized carbons (Fsp3) is 0.250. The maximum atomic E-state index is 12.7.